The second-order valence-corrected chi connectivity index (χ2v) is 7.35. The van der Waals surface area contributed by atoms with Crippen molar-refractivity contribution in [1.29, 1.82) is 5.26 Å². The lowest BCUT2D eigenvalue weighted by Gasteiger charge is -2.41. The predicted octanol–water partition coefficient (Wildman–Crippen LogP) is 3.14. The molecule has 2 amide bonds. The highest BCUT2D eigenvalue weighted by atomic mass is 35.5. The maximum Gasteiger partial charge on any atom is 0.325 e. The van der Waals surface area contributed by atoms with Crippen molar-refractivity contribution < 1.29 is 9.53 Å². The molecular weight excluding hydrogens is 378 g/mol. The SMILES string of the molecule is CC1COc2cc(Cl)ccc2N1C(=O)N1CCN(c2cc(C#N)ccn2)CC1. The number of hydrogen-bond donors (Lipinski definition) is 0. The molecule has 28 heavy (non-hydrogen) atoms. The second kappa shape index (κ2) is 7.56. The number of carbonyl (C=O) groups excluding carboxylic acids is 1. The zero-order valence-electron chi connectivity index (χ0n) is 15.5. The zero-order chi connectivity index (χ0) is 19.7. The number of anilines is 2. The maximum atomic E-state index is 13.2. The minimum absolute atomic E-state index is 0.0299. The first kappa shape index (κ1) is 18.4. The quantitative estimate of drug-likeness (QED) is 0.739. The average molecular weight is 398 g/mol. The van der Waals surface area contributed by atoms with E-state index in [2.05, 4.69) is 16.0 Å². The number of carbonyl (C=O) groups is 1. The van der Waals surface area contributed by atoms with Crippen molar-refractivity contribution >= 4 is 29.1 Å². The van der Waals surface area contributed by atoms with E-state index in [-0.39, 0.29) is 12.1 Å². The standard InChI is InChI=1S/C20H20ClN5O2/c1-14-13-28-18-11-16(21)2-3-17(18)26(14)20(27)25-8-6-24(7-9-25)19-10-15(12-22)4-5-23-19/h2-5,10-11,14H,6-9,13H2,1H3. The number of nitriles is 1. The summed E-state index contributed by atoms with van der Waals surface area (Å²) in [6.45, 7) is 4.92. The molecule has 3 heterocycles. The van der Waals surface area contributed by atoms with Crippen LogP contribution in [0.3, 0.4) is 0 Å². The van der Waals surface area contributed by atoms with Gasteiger partial charge in [0, 0.05) is 43.5 Å². The predicted molar refractivity (Wildman–Crippen MR) is 107 cm³/mol. The lowest BCUT2D eigenvalue weighted by molar-refractivity contribution is 0.190. The van der Waals surface area contributed by atoms with Crippen molar-refractivity contribution in [3.63, 3.8) is 0 Å². The Morgan fingerprint density at radius 3 is 2.79 bits per heavy atom. The summed E-state index contributed by atoms with van der Waals surface area (Å²) >= 11 is 6.06. The van der Waals surface area contributed by atoms with Crippen molar-refractivity contribution in [3.8, 4) is 11.8 Å². The lowest BCUT2D eigenvalue weighted by Crippen LogP contribution is -2.56. The van der Waals surface area contributed by atoms with E-state index < -0.39 is 0 Å². The number of rotatable bonds is 1. The van der Waals surface area contributed by atoms with Gasteiger partial charge in [-0.2, -0.15) is 5.26 Å². The summed E-state index contributed by atoms with van der Waals surface area (Å²) in [6.07, 6.45) is 1.64. The number of pyridine rings is 1. The van der Waals surface area contributed by atoms with E-state index in [4.69, 9.17) is 21.6 Å². The molecule has 2 aliphatic rings. The van der Waals surface area contributed by atoms with E-state index in [0.29, 0.717) is 49.1 Å². The Bertz CT molecular complexity index is 936. The van der Waals surface area contributed by atoms with Crippen LogP contribution >= 0.6 is 11.6 Å². The van der Waals surface area contributed by atoms with E-state index in [1.54, 1.807) is 35.4 Å². The first-order valence-electron chi connectivity index (χ1n) is 9.18. The molecule has 2 aromatic rings. The summed E-state index contributed by atoms with van der Waals surface area (Å²) in [6, 6.07) is 10.9. The monoisotopic (exact) mass is 397 g/mol. The van der Waals surface area contributed by atoms with Crippen LogP contribution in [-0.4, -0.2) is 54.7 Å². The second-order valence-electron chi connectivity index (χ2n) is 6.91. The molecule has 1 unspecified atom stereocenters. The van der Waals surface area contributed by atoms with Crippen LogP contribution in [0.15, 0.2) is 36.5 Å². The molecular formula is C20H20ClN5O2. The van der Waals surface area contributed by atoms with Crippen LogP contribution in [0.4, 0.5) is 16.3 Å². The molecule has 0 spiro atoms. The van der Waals surface area contributed by atoms with Crippen molar-refractivity contribution in [2.75, 3.05) is 42.6 Å². The van der Waals surface area contributed by atoms with Crippen LogP contribution in [0.5, 0.6) is 5.75 Å². The topological polar surface area (TPSA) is 72.7 Å². The number of urea groups is 1. The molecule has 1 aromatic heterocycles. The number of fused-ring (bicyclic) bond motifs is 1. The molecule has 2 aliphatic heterocycles. The summed E-state index contributed by atoms with van der Waals surface area (Å²) in [5.74, 6) is 1.40. The van der Waals surface area contributed by atoms with Gasteiger partial charge in [0.25, 0.3) is 0 Å². The number of amides is 2. The molecule has 1 saturated heterocycles. The zero-order valence-corrected chi connectivity index (χ0v) is 16.3. The van der Waals surface area contributed by atoms with Gasteiger partial charge in [-0.1, -0.05) is 11.6 Å². The Morgan fingerprint density at radius 2 is 2.04 bits per heavy atom. The van der Waals surface area contributed by atoms with E-state index in [1.165, 1.54) is 0 Å². The minimum Gasteiger partial charge on any atom is -0.489 e. The minimum atomic E-state index is -0.0619. The molecule has 0 saturated carbocycles. The molecule has 4 rings (SSSR count). The highest BCUT2D eigenvalue weighted by molar-refractivity contribution is 6.30. The molecule has 1 atom stereocenters. The van der Waals surface area contributed by atoms with Gasteiger partial charge in [0.1, 0.15) is 18.2 Å². The normalized spacial score (nSPS) is 18.9. The molecule has 0 radical (unpaired) electrons. The number of halogens is 1. The summed E-state index contributed by atoms with van der Waals surface area (Å²) in [5.41, 5.74) is 1.33. The number of piperazine rings is 1. The fraction of sp³-hybridized carbons (Fsp3) is 0.350. The van der Waals surface area contributed by atoms with Crippen LogP contribution in [0.2, 0.25) is 5.02 Å². The van der Waals surface area contributed by atoms with Crippen molar-refractivity contribution in [3.05, 3.63) is 47.1 Å². The molecule has 0 aliphatic carbocycles. The molecule has 1 fully saturated rings. The summed E-state index contributed by atoms with van der Waals surface area (Å²) < 4.78 is 5.74. The van der Waals surface area contributed by atoms with Gasteiger partial charge < -0.3 is 14.5 Å². The number of nitrogens with zero attached hydrogens (tertiary/aromatic N) is 5. The first-order chi connectivity index (χ1) is 13.6. The van der Waals surface area contributed by atoms with Gasteiger partial charge in [0.2, 0.25) is 0 Å². The highest BCUT2D eigenvalue weighted by Crippen LogP contribution is 2.36. The molecule has 0 N–H and O–H groups in total. The van der Waals surface area contributed by atoms with Crippen LogP contribution in [0.1, 0.15) is 12.5 Å². The summed E-state index contributed by atoms with van der Waals surface area (Å²) in [7, 11) is 0. The molecule has 7 nitrogen and oxygen atoms in total. The molecule has 8 heteroatoms. The van der Waals surface area contributed by atoms with Gasteiger partial charge in [-0.15, -0.1) is 0 Å². The van der Waals surface area contributed by atoms with Crippen LogP contribution in [0.25, 0.3) is 0 Å². The Morgan fingerprint density at radius 1 is 1.25 bits per heavy atom. The smallest absolute Gasteiger partial charge is 0.325 e. The summed E-state index contributed by atoms with van der Waals surface area (Å²) in [5, 5.41) is 9.65. The first-order valence-corrected chi connectivity index (χ1v) is 9.56. The third kappa shape index (κ3) is 3.43. The van der Waals surface area contributed by atoms with Gasteiger partial charge in [0.15, 0.2) is 0 Å². The highest BCUT2D eigenvalue weighted by Gasteiger charge is 2.34. The molecule has 0 bridgehead atoms. The van der Waals surface area contributed by atoms with Gasteiger partial charge in [-0.3, -0.25) is 4.90 Å². The van der Waals surface area contributed by atoms with Crippen LogP contribution in [-0.2, 0) is 0 Å². The van der Waals surface area contributed by atoms with Gasteiger partial charge in [-0.25, -0.2) is 9.78 Å². The molecule has 1 aromatic carbocycles. The number of ether oxygens (including phenoxy) is 1. The number of aromatic nitrogens is 1. The van der Waals surface area contributed by atoms with E-state index in [0.717, 1.165) is 11.5 Å². The Kier molecular flexibility index (Phi) is 4.97. The van der Waals surface area contributed by atoms with Gasteiger partial charge in [-0.05, 0) is 31.2 Å². The lowest BCUT2D eigenvalue weighted by atomic mass is 10.1. The third-order valence-electron chi connectivity index (χ3n) is 5.06. The van der Waals surface area contributed by atoms with Crippen LogP contribution in [0, 0.1) is 11.3 Å². The van der Waals surface area contributed by atoms with Crippen molar-refractivity contribution in [2.45, 2.75) is 13.0 Å². The fourth-order valence-corrected chi connectivity index (χ4v) is 3.72. The van der Waals surface area contributed by atoms with Crippen molar-refractivity contribution in [2.24, 2.45) is 0 Å². The van der Waals surface area contributed by atoms with Gasteiger partial charge in [0.05, 0.1) is 23.4 Å². The Labute approximate surface area is 168 Å². The van der Waals surface area contributed by atoms with E-state index in [1.807, 2.05) is 17.9 Å². The average Bonchev–Trinajstić information content (AvgIpc) is 2.73. The summed E-state index contributed by atoms with van der Waals surface area (Å²) in [4.78, 5) is 23.3. The van der Waals surface area contributed by atoms with Crippen LogP contribution < -0.4 is 14.5 Å². The maximum absolute atomic E-state index is 13.2. The van der Waals surface area contributed by atoms with Gasteiger partial charge >= 0.3 is 6.03 Å². The van der Waals surface area contributed by atoms with E-state index >= 15 is 0 Å². The number of benzene rings is 1. The van der Waals surface area contributed by atoms with E-state index in [9.17, 15) is 4.79 Å². The third-order valence-corrected chi connectivity index (χ3v) is 5.29. The Balaban J connectivity index is 1.48. The number of hydrogen-bond acceptors (Lipinski definition) is 5. The largest absolute Gasteiger partial charge is 0.489 e. The van der Waals surface area contributed by atoms with Crippen molar-refractivity contribution in [1.82, 2.24) is 9.88 Å². The fourth-order valence-electron chi connectivity index (χ4n) is 3.56. The Hall–Kier alpha value is -2.98. The molecule has 144 valence electrons.